The summed E-state index contributed by atoms with van der Waals surface area (Å²) in [6, 6.07) is 24.4. The molecular formula is C30H18Br2N6. The van der Waals surface area contributed by atoms with Gasteiger partial charge >= 0.3 is 0 Å². The second kappa shape index (κ2) is 9.31. The van der Waals surface area contributed by atoms with E-state index in [0.29, 0.717) is 11.6 Å². The first-order chi connectivity index (χ1) is 18.6. The second-order valence-electron chi connectivity index (χ2n) is 8.89. The number of halogens is 2. The van der Waals surface area contributed by atoms with E-state index < -0.39 is 0 Å². The molecule has 5 aromatic rings. The van der Waals surface area contributed by atoms with Gasteiger partial charge in [-0.1, -0.05) is 56.1 Å². The summed E-state index contributed by atoms with van der Waals surface area (Å²) in [6.45, 7) is 0. The Morgan fingerprint density at radius 2 is 1.00 bits per heavy atom. The molecule has 182 valence electrons. The van der Waals surface area contributed by atoms with E-state index in [9.17, 15) is 0 Å². The van der Waals surface area contributed by atoms with Gasteiger partial charge in [-0.2, -0.15) is 0 Å². The van der Waals surface area contributed by atoms with Gasteiger partial charge in [-0.15, -0.1) is 0 Å². The largest absolute Gasteiger partial charge is 0.340 e. The highest BCUT2D eigenvalue weighted by molar-refractivity contribution is 9.10. The number of nitrogens with zero attached hydrogens (tertiary/aromatic N) is 4. The SMILES string of the molecule is Brc1cccc(-c2c3nc(nc4ccc([nH]4)c(-c4cccc(Br)c4)c4ccc(nc5nc2C=C5)[nH]4)C=C3)c1. The Morgan fingerprint density at radius 1 is 0.500 bits per heavy atom. The standard InChI is InChI=1S/C30H18Br2N6/c31-19-5-1-3-17(15-19)29-21-7-11-25(33-21)37-27-13-9-23(35-27)30(18-4-2-6-20(32)16-18)24-10-14-28(36-24)38-26-12-8-22(29)34-26/h1-16H,(H,33,35,37)(H,34,36,38). The zero-order chi connectivity index (χ0) is 25.6. The van der Waals surface area contributed by atoms with Gasteiger partial charge in [-0.25, -0.2) is 19.9 Å². The molecule has 0 spiro atoms. The number of aromatic amines is 2. The molecule has 2 aromatic carbocycles. The van der Waals surface area contributed by atoms with Gasteiger partial charge in [0.05, 0.1) is 11.4 Å². The molecule has 0 atom stereocenters. The van der Waals surface area contributed by atoms with Gasteiger partial charge in [-0.05, 0) is 84.0 Å². The first-order valence-corrected chi connectivity index (χ1v) is 13.5. The number of benzene rings is 2. The van der Waals surface area contributed by atoms with Gasteiger partial charge in [-0.3, -0.25) is 0 Å². The molecule has 7 rings (SSSR count). The molecule has 6 nitrogen and oxygen atoms in total. The van der Waals surface area contributed by atoms with Crippen LogP contribution in [-0.2, 0) is 0 Å². The van der Waals surface area contributed by atoms with E-state index in [2.05, 4.69) is 66.1 Å². The van der Waals surface area contributed by atoms with Crippen molar-refractivity contribution in [2.24, 2.45) is 0 Å². The number of H-pyrrole nitrogens is 2. The summed E-state index contributed by atoms with van der Waals surface area (Å²) in [5, 5.41) is 0. The Labute approximate surface area is 234 Å². The van der Waals surface area contributed by atoms with Gasteiger partial charge < -0.3 is 9.97 Å². The van der Waals surface area contributed by atoms with E-state index >= 15 is 0 Å². The first kappa shape index (κ1) is 23.0. The van der Waals surface area contributed by atoms with Crippen LogP contribution in [0.15, 0.2) is 81.7 Å². The molecule has 5 heterocycles. The summed E-state index contributed by atoms with van der Waals surface area (Å²) in [5.74, 6) is 1.24. The van der Waals surface area contributed by atoms with Crippen molar-refractivity contribution in [3.05, 3.63) is 105 Å². The number of rotatable bonds is 2. The van der Waals surface area contributed by atoms with E-state index in [1.807, 2.05) is 72.8 Å². The monoisotopic (exact) mass is 620 g/mol. The van der Waals surface area contributed by atoms with Crippen molar-refractivity contribution < 1.29 is 0 Å². The summed E-state index contributed by atoms with van der Waals surface area (Å²) in [7, 11) is 0. The Hall–Kier alpha value is -4.14. The highest BCUT2D eigenvalue weighted by Crippen LogP contribution is 2.33. The Bertz CT molecular complexity index is 1870. The van der Waals surface area contributed by atoms with E-state index in [1.165, 1.54) is 0 Å². The molecule has 8 bridgehead atoms. The minimum atomic E-state index is 0.621. The molecule has 0 saturated carbocycles. The fraction of sp³-hybridized carbons (Fsp3) is 0. The number of hydrogen-bond acceptors (Lipinski definition) is 4. The third kappa shape index (κ3) is 4.31. The molecule has 0 radical (unpaired) electrons. The lowest BCUT2D eigenvalue weighted by Gasteiger charge is -2.05. The highest BCUT2D eigenvalue weighted by Gasteiger charge is 2.15. The Morgan fingerprint density at radius 3 is 1.50 bits per heavy atom. The molecule has 2 aliphatic rings. The van der Waals surface area contributed by atoms with Gasteiger partial charge in [0.25, 0.3) is 0 Å². The van der Waals surface area contributed by atoms with Crippen molar-refractivity contribution in [2.75, 3.05) is 0 Å². The topological polar surface area (TPSA) is 83.1 Å². The molecule has 2 N–H and O–H groups in total. The fourth-order valence-corrected chi connectivity index (χ4v) is 5.51. The predicted molar refractivity (Wildman–Crippen MR) is 161 cm³/mol. The third-order valence-corrected chi connectivity index (χ3v) is 7.33. The number of aromatic nitrogens is 6. The summed E-state index contributed by atoms with van der Waals surface area (Å²) >= 11 is 7.21. The van der Waals surface area contributed by atoms with Crippen LogP contribution in [0, 0.1) is 0 Å². The minimum absolute atomic E-state index is 0.621. The molecule has 3 aromatic heterocycles. The van der Waals surface area contributed by atoms with E-state index in [4.69, 9.17) is 19.9 Å². The highest BCUT2D eigenvalue weighted by atomic mass is 79.9. The lowest BCUT2D eigenvalue weighted by atomic mass is 10.0. The molecular weight excluding hydrogens is 604 g/mol. The molecule has 0 saturated heterocycles. The predicted octanol–water partition coefficient (Wildman–Crippen LogP) is 8.30. The van der Waals surface area contributed by atoms with Crippen LogP contribution in [0.5, 0.6) is 0 Å². The Balaban J connectivity index is 1.57. The zero-order valence-corrected chi connectivity index (χ0v) is 23.0. The van der Waals surface area contributed by atoms with Crippen molar-refractivity contribution in [1.82, 2.24) is 29.9 Å². The van der Waals surface area contributed by atoms with Crippen LogP contribution in [0.2, 0.25) is 0 Å². The minimum Gasteiger partial charge on any atom is -0.340 e. The normalized spacial score (nSPS) is 12.3. The van der Waals surface area contributed by atoms with Crippen molar-refractivity contribution >= 4 is 78.5 Å². The molecule has 38 heavy (non-hydrogen) atoms. The van der Waals surface area contributed by atoms with Crippen molar-refractivity contribution in [1.29, 1.82) is 0 Å². The average Bonchev–Trinajstić information content (AvgIpc) is 3.70. The van der Waals surface area contributed by atoms with Crippen LogP contribution in [-0.4, -0.2) is 29.9 Å². The van der Waals surface area contributed by atoms with Crippen LogP contribution >= 0.6 is 31.9 Å². The zero-order valence-electron chi connectivity index (χ0n) is 19.8. The van der Waals surface area contributed by atoms with E-state index in [-0.39, 0.29) is 0 Å². The van der Waals surface area contributed by atoms with E-state index in [1.54, 1.807) is 0 Å². The second-order valence-corrected chi connectivity index (χ2v) is 10.7. The maximum absolute atomic E-state index is 4.87. The molecule has 0 fully saturated rings. The van der Waals surface area contributed by atoms with Crippen LogP contribution in [0.3, 0.4) is 0 Å². The van der Waals surface area contributed by atoms with Crippen molar-refractivity contribution in [3.63, 3.8) is 0 Å². The summed E-state index contributed by atoms with van der Waals surface area (Å²) in [4.78, 5) is 26.3. The maximum atomic E-state index is 4.87. The van der Waals surface area contributed by atoms with Crippen LogP contribution in [0.25, 0.3) is 68.9 Å². The van der Waals surface area contributed by atoms with Gasteiger partial charge in [0, 0.05) is 31.1 Å². The molecule has 0 unspecified atom stereocenters. The fourth-order valence-electron chi connectivity index (χ4n) is 4.71. The quantitative estimate of drug-likeness (QED) is 0.203. The number of fused-ring (bicyclic) bond motifs is 8. The smallest absolute Gasteiger partial charge is 0.155 e. The molecule has 2 aliphatic heterocycles. The number of nitrogens with one attached hydrogen (secondary N) is 2. The summed E-state index contributed by atoms with van der Waals surface area (Å²) in [5.41, 5.74) is 8.91. The maximum Gasteiger partial charge on any atom is 0.155 e. The van der Waals surface area contributed by atoms with Gasteiger partial charge in [0.2, 0.25) is 0 Å². The first-order valence-electron chi connectivity index (χ1n) is 12.0. The average molecular weight is 622 g/mol. The van der Waals surface area contributed by atoms with E-state index in [0.717, 1.165) is 64.9 Å². The third-order valence-electron chi connectivity index (χ3n) is 6.34. The van der Waals surface area contributed by atoms with Crippen molar-refractivity contribution in [3.8, 4) is 22.3 Å². The molecule has 0 amide bonds. The van der Waals surface area contributed by atoms with Crippen LogP contribution < -0.4 is 0 Å². The van der Waals surface area contributed by atoms with Crippen LogP contribution in [0.4, 0.5) is 0 Å². The van der Waals surface area contributed by atoms with Gasteiger partial charge in [0.15, 0.2) is 11.6 Å². The summed E-state index contributed by atoms with van der Waals surface area (Å²) in [6.07, 6.45) is 7.82. The molecule has 0 aliphatic carbocycles. The lowest BCUT2D eigenvalue weighted by molar-refractivity contribution is 1.17. The molecule has 8 heteroatoms. The summed E-state index contributed by atoms with van der Waals surface area (Å²) < 4.78 is 1.99. The van der Waals surface area contributed by atoms with Gasteiger partial charge in [0.1, 0.15) is 11.3 Å². The van der Waals surface area contributed by atoms with Crippen LogP contribution in [0.1, 0.15) is 23.0 Å². The number of hydrogen-bond donors (Lipinski definition) is 2. The van der Waals surface area contributed by atoms with Crippen molar-refractivity contribution in [2.45, 2.75) is 0 Å². The lowest BCUT2D eigenvalue weighted by Crippen LogP contribution is -1.90. The Kier molecular flexibility index (Phi) is 5.64.